The van der Waals surface area contributed by atoms with Crippen molar-refractivity contribution in [1.82, 2.24) is 20.2 Å². The van der Waals surface area contributed by atoms with Crippen LogP contribution in [0.25, 0.3) is 5.69 Å². The minimum atomic E-state index is -4.43. The molecule has 6 nitrogen and oxygen atoms in total. The van der Waals surface area contributed by atoms with Crippen LogP contribution in [0, 0.1) is 0 Å². The molecule has 2 aromatic carbocycles. The second kappa shape index (κ2) is 7.38. The van der Waals surface area contributed by atoms with Crippen LogP contribution in [0.4, 0.5) is 18.9 Å². The molecule has 1 fully saturated rings. The molecule has 1 heterocycles. The van der Waals surface area contributed by atoms with E-state index in [-0.39, 0.29) is 5.69 Å². The number of rotatable bonds is 5. The lowest BCUT2D eigenvalue weighted by Crippen LogP contribution is -2.35. The van der Waals surface area contributed by atoms with Crippen LogP contribution in [-0.2, 0) is 11.7 Å². The number of hydrogen-bond acceptors (Lipinski definition) is 5. The van der Waals surface area contributed by atoms with E-state index in [4.69, 9.17) is 4.74 Å². The molecule has 0 unspecified atom stereocenters. The van der Waals surface area contributed by atoms with Gasteiger partial charge >= 0.3 is 6.18 Å². The van der Waals surface area contributed by atoms with Gasteiger partial charge in [0.25, 0.3) is 0 Å². The molecular weight excluding hydrogens is 383 g/mol. The van der Waals surface area contributed by atoms with Gasteiger partial charge in [-0.15, -0.1) is 5.10 Å². The molecule has 0 atom stereocenters. The van der Waals surface area contributed by atoms with Crippen molar-refractivity contribution in [1.29, 1.82) is 0 Å². The average molecular weight is 403 g/mol. The smallest absolute Gasteiger partial charge is 0.416 e. The standard InChI is InChI=1S/C20H20F3N5O/c1-29-17-9-7-15(8-10-17)24-19(11-2-3-12-19)18-25-26-27-28(18)16-6-4-5-14(13-16)20(21,22)23/h4-10,13,24H,2-3,11-12H2,1H3. The van der Waals surface area contributed by atoms with Crippen molar-refractivity contribution < 1.29 is 17.9 Å². The Labute approximate surface area is 165 Å². The molecule has 3 aromatic rings. The summed E-state index contributed by atoms with van der Waals surface area (Å²) >= 11 is 0. The maximum Gasteiger partial charge on any atom is 0.416 e. The molecule has 1 aromatic heterocycles. The van der Waals surface area contributed by atoms with Gasteiger partial charge in [-0.2, -0.15) is 17.9 Å². The van der Waals surface area contributed by atoms with Crippen molar-refractivity contribution in [2.45, 2.75) is 37.4 Å². The molecule has 29 heavy (non-hydrogen) atoms. The quantitative estimate of drug-likeness (QED) is 0.676. The number of benzene rings is 2. The van der Waals surface area contributed by atoms with E-state index in [1.807, 2.05) is 24.3 Å². The number of nitrogens with zero attached hydrogens (tertiary/aromatic N) is 4. The summed E-state index contributed by atoms with van der Waals surface area (Å²) in [6, 6.07) is 12.5. The fourth-order valence-electron chi connectivity index (χ4n) is 3.81. The zero-order chi connectivity index (χ0) is 20.5. The minimum Gasteiger partial charge on any atom is -0.497 e. The van der Waals surface area contributed by atoms with E-state index in [9.17, 15) is 13.2 Å². The fraction of sp³-hybridized carbons (Fsp3) is 0.350. The monoisotopic (exact) mass is 403 g/mol. The van der Waals surface area contributed by atoms with Gasteiger partial charge in [-0.25, -0.2) is 0 Å². The maximum atomic E-state index is 13.2. The molecule has 0 spiro atoms. The number of hydrogen-bond donors (Lipinski definition) is 1. The molecule has 0 bridgehead atoms. The van der Waals surface area contributed by atoms with Crippen molar-refractivity contribution >= 4 is 5.69 Å². The van der Waals surface area contributed by atoms with E-state index >= 15 is 0 Å². The Balaban J connectivity index is 1.72. The van der Waals surface area contributed by atoms with Crippen molar-refractivity contribution in [3.8, 4) is 11.4 Å². The molecule has 0 saturated heterocycles. The summed E-state index contributed by atoms with van der Waals surface area (Å²) < 4.78 is 46.1. The van der Waals surface area contributed by atoms with Crippen LogP contribution < -0.4 is 10.1 Å². The normalized spacial score (nSPS) is 16.0. The molecule has 0 amide bonds. The van der Waals surface area contributed by atoms with E-state index < -0.39 is 17.3 Å². The van der Waals surface area contributed by atoms with Crippen LogP contribution in [0.15, 0.2) is 48.5 Å². The first kappa shape index (κ1) is 19.2. The minimum absolute atomic E-state index is 0.280. The molecule has 1 N–H and O–H groups in total. The molecule has 152 valence electrons. The highest BCUT2D eigenvalue weighted by molar-refractivity contribution is 5.50. The molecule has 0 aliphatic heterocycles. The Morgan fingerprint density at radius 1 is 1.07 bits per heavy atom. The van der Waals surface area contributed by atoms with E-state index in [1.54, 1.807) is 13.2 Å². The third-order valence-electron chi connectivity index (χ3n) is 5.25. The van der Waals surface area contributed by atoms with Gasteiger partial charge in [0.1, 0.15) is 5.75 Å². The molecule has 9 heteroatoms. The Morgan fingerprint density at radius 3 is 2.45 bits per heavy atom. The fourth-order valence-corrected chi connectivity index (χ4v) is 3.81. The second-order valence-electron chi connectivity index (χ2n) is 7.11. The zero-order valence-electron chi connectivity index (χ0n) is 15.8. The van der Waals surface area contributed by atoms with E-state index in [1.165, 1.54) is 10.7 Å². The number of halogens is 3. The first-order chi connectivity index (χ1) is 13.9. The lowest BCUT2D eigenvalue weighted by Gasteiger charge is -2.30. The number of ether oxygens (including phenoxy) is 1. The number of nitrogens with one attached hydrogen (secondary N) is 1. The molecule has 4 rings (SSSR count). The third kappa shape index (κ3) is 3.76. The first-order valence-electron chi connectivity index (χ1n) is 9.30. The number of aromatic nitrogens is 4. The lowest BCUT2D eigenvalue weighted by molar-refractivity contribution is -0.137. The van der Waals surface area contributed by atoms with Crippen molar-refractivity contribution in [2.75, 3.05) is 12.4 Å². The van der Waals surface area contributed by atoms with E-state index in [0.717, 1.165) is 49.3 Å². The highest BCUT2D eigenvalue weighted by Gasteiger charge is 2.41. The number of alkyl halides is 3. The van der Waals surface area contributed by atoms with Crippen molar-refractivity contribution in [2.24, 2.45) is 0 Å². The van der Waals surface area contributed by atoms with Crippen LogP contribution in [0.1, 0.15) is 37.1 Å². The summed E-state index contributed by atoms with van der Waals surface area (Å²) in [6.07, 6.45) is -0.940. The SMILES string of the molecule is COc1ccc(NC2(c3nnnn3-c3cccc(C(F)(F)F)c3)CCCC2)cc1. The third-order valence-corrected chi connectivity index (χ3v) is 5.25. The predicted octanol–water partition coefficient (Wildman–Crippen LogP) is 4.57. The summed E-state index contributed by atoms with van der Waals surface area (Å²) in [4.78, 5) is 0. The maximum absolute atomic E-state index is 13.2. The highest BCUT2D eigenvalue weighted by atomic mass is 19.4. The summed E-state index contributed by atoms with van der Waals surface area (Å²) in [5.74, 6) is 1.25. The van der Waals surface area contributed by atoms with Gasteiger partial charge in [-0.3, -0.25) is 0 Å². The average Bonchev–Trinajstić information content (AvgIpc) is 3.38. The molecule has 1 aliphatic rings. The van der Waals surface area contributed by atoms with E-state index in [2.05, 4.69) is 20.8 Å². The van der Waals surface area contributed by atoms with E-state index in [0.29, 0.717) is 5.82 Å². The van der Waals surface area contributed by atoms with Gasteiger partial charge in [-0.1, -0.05) is 18.9 Å². The van der Waals surface area contributed by atoms with Gasteiger partial charge in [-0.05, 0) is 65.7 Å². The van der Waals surface area contributed by atoms with Crippen LogP contribution in [-0.4, -0.2) is 27.3 Å². The van der Waals surface area contributed by atoms with Gasteiger partial charge < -0.3 is 10.1 Å². The Hall–Kier alpha value is -3.10. The number of methoxy groups -OCH3 is 1. The summed E-state index contributed by atoms with van der Waals surface area (Å²) in [5.41, 5.74) is -0.152. The number of anilines is 1. The molecular formula is C20H20F3N5O. The largest absolute Gasteiger partial charge is 0.497 e. The second-order valence-corrected chi connectivity index (χ2v) is 7.11. The summed E-state index contributed by atoms with van der Waals surface area (Å²) in [6.45, 7) is 0. The Morgan fingerprint density at radius 2 is 1.79 bits per heavy atom. The molecule has 1 aliphatic carbocycles. The first-order valence-corrected chi connectivity index (χ1v) is 9.30. The molecule has 1 saturated carbocycles. The van der Waals surface area contributed by atoms with Gasteiger partial charge in [0.15, 0.2) is 5.82 Å². The number of tetrazole rings is 1. The van der Waals surface area contributed by atoms with Gasteiger partial charge in [0.2, 0.25) is 0 Å². The van der Waals surface area contributed by atoms with Gasteiger partial charge in [0, 0.05) is 5.69 Å². The summed E-state index contributed by atoms with van der Waals surface area (Å²) in [5, 5.41) is 15.5. The van der Waals surface area contributed by atoms with Gasteiger partial charge in [0.05, 0.1) is 23.9 Å². The Bertz CT molecular complexity index is 978. The highest BCUT2D eigenvalue weighted by Crippen LogP contribution is 2.41. The van der Waals surface area contributed by atoms with Crippen LogP contribution >= 0.6 is 0 Å². The Kier molecular flexibility index (Phi) is 4.89. The molecule has 0 radical (unpaired) electrons. The summed E-state index contributed by atoms with van der Waals surface area (Å²) in [7, 11) is 1.60. The lowest BCUT2D eigenvalue weighted by atomic mass is 9.95. The van der Waals surface area contributed by atoms with Crippen molar-refractivity contribution in [3.05, 3.63) is 59.9 Å². The van der Waals surface area contributed by atoms with Crippen molar-refractivity contribution in [3.63, 3.8) is 0 Å². The van der Waals surface area contributed by atoms with Crippen LogP contribution in [0.5, 0.6) is 5.75 Å². The van der Waals surface area contributed by atoms with Crippen LogP contribution in [0.2, 0.25) is 0 Å². The predicted molar refractivity (Wildman–Crippen MR) is 101 cm³/mol. The zero-order valence-corrected chi connectivity index (χ0v) is 15.8. The topological polar surface area (TPSA) is 64.9 Å². The van der Waals surface area contributed by atoms with Crippen LogP contribution in [0.3, 0.4) is 0 Å².